The van der Waals surface area contributed by atoms with E-state index in [1.54, 1.807) is 19.1 Å². The van der Waals surface area contributed by atoms with Crippen LogP contribution in [0.3, 0.4) is 0 Å². The molecule has 3 rings (SSSR count). The molecular weight excluding hydrogens is 460 g/mol. The number of hydrogen-bond donors (Lipinski definition) is 1. The minimum Gasteiger partial charge on any atom is -0.465 e. The summed E-state index contributed by atoms with van der Waals surface area (Å²) in [5, 5.41) is 11.1. The van der Waals surface area contributed by atoms with E-state index in [0.29, 0.717) is 46.6 Å². The number of anilines is 1. The average Bonchev–Trinajstić information content (AvgIpc) is 3.42. The van der Waals surface area contributed by atoms with Gasteiger partial charge in [-0.1, -0.05) is 42.2 Å². The number of ether oxygens (including phenoxy) is 1. The van der Waals surface area contributed by atoms with Gasteiger partial charge in [-0.3, -0.25) is 10.1 Å². The molecule has 1 aliphatic heterocycles. The van der Waals surface area contributed by atoms with Gasteiger partial charge in [0.1, 0.15) is 6.04 Å². The van der Waals surface area contributed by atoms with Crippen molar-refractivity contribution in [3.8, 4) is 0 Å². The van der Waals surface area contributed by atoms with E-state index in [9.17, 15) is 18.0 Å². The number of aromatic nitrogens is 2. The number of sulfonamides is 1. The maximum atomic E-state index is 12.7. The first-order valence-corrected chi connectivity index (χ1v) is 13.2. The Labute approximate surface area is 189 Å². The number of methoxy groups -OCH3 is 1. The lowest BCUT2D eigenvalue weighted by Crippen LogP contribution is -2.44. The van der Waals surface area contributed by atoms with Crippen LogP contribution in [0, 0.1) is 0 Å². The zero-order valence-electron chi connectivity index (χ0n) is 17.2. The number of benzene rings is 1. The number of amides is 1. The third-order valence-corrected chi connectivity index (χ3v) is 8.82. The van der Waals surface area contributed by atoms with Crippen LogP contribution in [0.5, 0.6) is 0 Å². The Kier molecular flexibility index (Phi) is 8.03. The van der Waals surface area contributed by atoms with Crippen LogP contribution in [-0.4, -0.2) is 60.2 Å². The molecule has 0 unspecified atom stereocenters. The molecule has 0 aliphatic carbocycles. The molecule has 2 aromatic rings. The number of nitrogens with zero attached hydrogens (tertiary/aromatic N) is 3. The van der Waals surface area contributed by atoms with E-state index < -0.39 is 16.1 Å². The fourth-order valence-electron chi connectivity index (χ4n) is 3.22. The highest BCUT2D eigenvalue weighted by Gasteiger charge is 2.38. The summed E-state index contributed by atoms with van der Waals surface area (Å²) in [5.74, 6) is -0.0949. The van der Waals surface area contributed by atoms with Crippen LogP contribution in [-0.2, 0) is 25.3 Å². The summed E-state index contributed by atoms with van der Waals surface area (Å²) in [5.41, 5.74) is 1.49. The van der Waals surface area contributed by atoms with E-state index in [2.05, 4.69) is 20.3 Å². The molecule has 31 heavy (non-hydrogen) atoms. The van der Waals surface area contributed by atoms with Crippen molar-refractivity contribution in [2.24, 2.45) is 0 Å². The molecule has 9 nitrogen and oxygen atoms in total. The number of nitrogens with one attached hydrogen (secondary N) is 1. The molecule has 1 N–H and O–H groups in total. The molecule has 1 aromatic heterocycles. The first kappa shape index (κ1) is 23.6. The van der Waals surface area contributed by atoms with Crippen molar-refractivity contribution in [2.45, 2.75) is 42.3 Å². The molecule has 0 saturated carbocycles. The summed E-state index contributed by atoms with van der Waals surface area (Å²) in [7, 11) is -2.09. The first-order valence-electron chi connectivity index (χ1n) is 9.78. The summed E-state index contributed by atoms with van der Waals surface area (Å²) in [6.45, 7) is 2.17. The molecule has 12 heteroatoms. The van der Waals surface area contributed by atoms with Gasteiger partial charge in [-0.05, 0) is 37.0 Å². The number of rotatable bonds is 9. The Morgan fingerprint density at radius 1 is 1.29 bits per heavy atom. The van der Waals surface area contributed by atoms with Gasteiger partial charge in [-0.25, -0.2) is 13.2 Å². The summed E-state index contributed by atoms with van der Waals surface area (Å²) in [4.78, 5) is 24.1. The molecule has 2 heterocycles. The Morgan fingerprint density at radius 2 is 2.03 bits per heavy atom. The van der Waals surface area contributed by atoms with Gasteiger partial charge in [0.05, 0.1) is 18.4 Å². The highest BCUT2D eigenvalue weighted by atomic mass is 32.2. The zero-order valence-corrected chi connectivity index (χ0v) is 19.7. The molecule has 1 aliphatic rings. The van der Waals surface area contributed by atoms with Gasteiger partial charge in [-0.15, -0.1) is 10.2 Å². The third kappa shape index (κ3) is 6.03. The monoisotopic (exact) mass is 484 g/mol. The molecule has 168 valence electrons. The maximum Gasteiger partial charge on any atom is 0.337 e. The van der Waals surface area contributed by atoms with Gasteiger partial charge >= 0.3 is 5.97 Å². The largest absolute Gasteiger partial charge is 0.465 e. The van der Waals surface area contributed by atoms with E-state index >= 15 is 0 Å². The molecule has 1 aromatic carbocycles. The summed E-state index contributed by atoms with van der Waals surface area (Å²) < 4.78 is 31.4. The summed E-state index contributed by atoms with van der Waals surface area (Å²) >= 11 is 2.69. The lowest BCUT2D eigenvalue weighted by atomic mass is 10.1. The van der Waals surface area contributed by atoms with Gasteiger partial charge < -0.3 is 4.74 Å². The minimum atomic E-state index is -3.43. The van der Waals surface area contributed by atoms with E-state index in [0.717, 1.165) is 5.56 Å². The zero-order chi connectivity index (χ0) is 22.4. The van der Waals surface area contributed by atoms with Crippen molar-refractivity contribution < 1.29 is 22.7 Å². The number of hydrogen-bond acceptors (Lipinski definition) is 9. The second kappa shape index (κ2) is 10.5. The lowest BCUT2D eigenvalue weighted by molar-refractivity contribution is -0.119. The lowest BCUT2D eigenvalue weighted by Gasteiger charge is -2.22. The number of carbonyl (C=O) groups is 2. The Balaban J connectivity index is 1.56. The smallest absolute Gasteiger partial charge is 0.337 e. The summed E-state index contributed by atoms with van der Waals surface area (Å²) in [6.07, 6.45) is 1.67. The molecule has 0 bridgehead atoms. The van der Waals surface area contributed by atoms with Crippen LogP contribution < -0.4 is 5.32 Å². The maximum absolute atomic E-state index is 12.7. The standard InChI is InChI=1S/C19H24N4O5S3/c1-3-11-31(26,27)23-10-4-5-15(23)16(24)20-18-21-22-19(30-18)29-12-13-6-8-14(9-7-13)17(25)28-2/h6-9,15H,3-5,10-12H2,1-2H3,(H,20,21,24)/t15-/m0/s1. The average molecular weight is 485 g/mol. The molecule has 0 radical (unpaired) electrons. The molecule has 1 amide bonds. The van der Waals surface area contributed by atoms with E-state index in [1.807, 2.05) is 12.1 Å². The fourth-order valence-corrected chi connectivity index (χ4v) is 6.67. The van der Waals surface area contributed by atoms with Crippen LogP contribution in [0.4, 0.5) is 5.13 Å². The molecule has 1 fully saturated rings. The second-order valence-electron chi connectivity index (χ2n) is 6.92. The van der Waals surface area contributed by atoms with E-state index in [4.69, 9.17) is 0 Å². The van der Waals surface area contributed by atoms with Crippen LogP contribution in [0.15, 0.2) is 28.6 Å². The van der Waals surface area contributed by atoms with Crippen molar-refractivity contribution in [1.29, 1.82) is 0 Å². The van der Waals surface area contributed by atoms with Crippen LogP contribution >= 0.6 is 23.1 Å². The molecule has 1 saturated heterocycles. The highest BCUT2D eigenvalue weighted by molar-refractivity contribution is 8.00. The van der Waals surface area contributed by atoms with E-state index in [-0.39, 0.29) is 17.6 Å². The van der Waals surface area contributed by atoms with Crippen molar-refractivity contribution in [1.82, 2.24) is 14.5 Å². The van der Waals surface area contributed by atoms with Crippen molar-refractivity contribution >= 4 is 50.1 Å². The van der Waals surface area contributed by atoms with Crippen molar-refractivity contribution in [3.05, 3.63) is 35.4 Å². The topological polar surface area (TPSA) is 119 Å². The van der Waals surface area contributed by atoms with Gasteiger partial charge in [0.2, 0.25) is 21.1 Å². The van der Waals surface area contributed by atoms with Crippen LogP contribution in [0.2, 0.25) is 0 Å². The first-order chi connectivity index (χ1) is 14.8. The Morgan fingerprint density at radius 3 is 2.71 bits per heavy atom. The van der Waals surface area contributed by atoms with Crippen LogP contribution in [0.25, 0.3) is 0 Å². The number of esters is 1. The quantitative estimate of drug-likeness (QED) is 0.328. The van der Waals surface area contributed by atoms with Gasteiger partial charge in [0, 0.05) is 12.3 Å². The van der Waals surface area contributed by atoms with Crippen molar-refractivity contribution in [3.63, 3.8) is 0 Å². The molecule has 1 atom stereocenters. The van der Waals surface area contributed by atoms with Gasteiger partial charge in [0.25, 0.3) is 0 Å². The number of thioether (sulfide) groups is 1. The predicted octanol–water partition coefficient (Wildman–Crippen LogP) is 2.76. The van der Waals surface area contributed by atoms with Crippen molar-refractivity contribution in [2.75, 3.05) is 24.7 Å². The van der Waals surface area contributed by atoms with Gasteiger partial charge in [0.15, 0.2) is 4.34 Å². The predicted molar refractivity (Wildman–Crippen MR) is 120 cm³/mol. The number of carbonyl (C=O) groups excluding carboxylic acids is 2. The second-order valence-corrected chi connectivity index (χ2v) is 11.2. The van der Waals surface area contributed by atoms with Crippen LogP contribution in [0.1, 0.15) is 42.1 Å². The Bertz CT molecular complexity index is 1020. The van der Waals surface area contributed by atoms with E-state index in [1.165, 1.54) is 34.5 Å². The summed E-state index contributed by atoms with van der Waals surface area (Å²) in [6, 6.07) is 6.38. The highest BCUT2D eigenvalue weighted by Crippen LogP contribution is 2.29. The molecular formula is C19H24N4O5S3. The third-order valence-electron chi connectivity index (χ3n) is 4.70. The minimum absolute atomic E-state index is 0.0387. The fraction of sp³-hybridized carbons (Fsp3) is 0.474. The molecule has 0 spiro atoms. The normalized spacial score (nSPS) is 16.9. The SMILES string of the molecule is CCCS(=O)(=O)N1CCC[C@H]1C(=O)Nc1nnc(SCc2ccc(C(=O)OC)cc2)s1. The Hall–Kier alpha value is -2.02. The van der Waals surface area contributed by atoms with Gasteiger partial charge in [-0.2, -0.15) is 4.31 Å².